The van der Waals surface area contributed by atoms with Crippen LogP contribution in [-0.4, -0.2) is 75.4 Å². The van der Waals surface area contributed by atoms with E-state index in [0.717, 1.165) is 22.0 Å². The fraction of sp³-hybridized carbons (Fsp3) is 0.174. The van der Waals surface area contributed by atoms with Gasteiger partial charge in [0.15, 0.2) is 6.61 Å². The van der Waals surface area contributed by atoms with Crippen molar-refractivity contribution in [3.05, 3.63) is 163 Å². The van der Waals surface area contributed by atoms with E-state index in [9.17, 15) is 29.1 Å². The molecule has 0 radical (unpaired) electrons. The van der Waals surface area contributed by atoms with Crippen LogP contribution in [0, 0.1) is 0 Å². The Bertz CT molecular complexity index is 2470. The quantitative estimate of drug-likeness (QED) is 0.122. The van der Waals surface area contributed by atoms with Gasteiger partial charge in [0.1, 0.15) is 29.9 Å². The maximum absolute atomic E-state index is 14.6. The zero-order valence-electron chi connectivity index (χ0n) is 31.9. The maximum atomic E-state index is 14.6. The molecule has 0 spiro atoms. The van der Waals surface area contributed by atoms with Crippen LogP contribution in [-0.2, 0) is 43.2 Å². The SMILES string of the molecule is C=C(c1ccncc1)[C@@H]1NC(=O)COc2ccc(cc2)C[C@H](C(=O)O)NC(=O)C(Cc2c[nH]c3ccccc23)NC(=O)[C@@H](Cc2ccc(-c3ccccc3)cc2)NC1=O. The highest BCUT2D eigenvalue weighted by Gasteiger charge is 2.33. The molecule has 4 atom stereocenters. The van der Waals surface area contributed by atoms with Crippen molar-refractivity contribution in [2.75, 3.05) is 6.61 Å². The molecule has 0 saturated heterocycles. The normalized spacial score (nSPS) is 19.2. The van der Waals surface area contributed by atoms with Crippen molar-refractivity contribution in [3.8, 4) is 16.9 Å². The number of aliphatic carboxylic acids is 1. The number of para-hydroxylation sites is 1. The predicted octanol–water partition coefficient (Wildman–Crippen LogP) is 4.39. The van der Waals surface area contributed by atoms with Gasteiger partial charge in [0.05, 0.1) is 0 Å². The Balaban J connectivity index is 1.26. The van der Waals surface area contributed by atoms with Crippen molar-refractivity contribution in [3.63, 3.8) is 0 Å². The van der Waals surface area contributed by atoms with Crippen LogP contribution < -0.4 is 26.0 Å². The number of carbonyl (C=O) groups is 5. The molecule has 4 aromatic carbocycles. The number of benzene rings is 4. The molecule has 0 aliphatic carbocycles. The maximum Gasteiger partial charge on any atom is 0.326 e. The third-order valence-electron chi connectivity index (χ3n) is 10.2. The van der Waals surface area contributed by atoms with E-state index in [0.29, 0.717) is 28.0 Å². The smallest absolute Gasteiger partial charge is 0.326 e. The summed E-state index contributed by atoms with van der Waals surface area (Å²) in [5.41, 5.74) is 5.48. The molecule has 8 rings (SSSR count). The lowest BCUT2D eigenvalue weighted by Gasteiger charge is -2.27. The number of carboxylic acid groups (broad SMARTS) is 1. The van der Waals surface area contributed by atoms with Gasteiger partial charge in [-0.25, -0.2) is 4.79 Å². The number of carboxylic acids is 1. The molecule has 2 aliphatic rings. The molecule has 13 heteroatoms. The van der Waals surface area contributed by atoms with E-state index in [1.165, 1.54) is 12.4 Å². The molecule has 59 heavy (non-hydrogen) atoms. The van der Waals surface area contributed by atoms with E-state index >= 15 is 0 Å². The summed E-state index contributed by atoms with van der Waals surface area (Å²) in [5.74, 6) is -3.79. The number of pyridine rings is 1. The van der Waals surface area contributed by atoms with Gasteiger partial charge < -0.3 is 36.1 Å². The summed E-state index contributed by atoms with van der Waals surface area (Å²) in [7, 11) is 0. The molecule has 0 saturated carbocycles. The molecule has 298 valence electrons. The van der Waals surface area contributed by atoms with Crippen LogP contribution in [0.4, 0.5) is 0 Å². The van der Waals surface area contributed by atoms with E-state index in [4.69, 9.17) is 4.74 Å². The lowest BCUT2D eigenvalue weighted by molar-refractivity contribution is -0.142. The first-order valence-corrected chi connectivity index (χ1v) is 19.0. The summed E-state index contributed by atoms with van der Waals surface area (Å²) in [4.78, 5) is 76.3. The number of nitrogens with zero attached hydrogens (tertiary/aromatic N) is 1. The summed E-state index contributed by atoms with van der Waals surface area (Å²) < 4.78 is 5.71. The highest BCUT2D eigenvalue weighted by molar-refractivity contribution is 6.01. The van der Waals surface area contributed by atoms with Crippen LogP contribution in [0.1, 0.15) is 22.3 Å². The highest BCUT2D eigenvalue weighted by atomic mass is 16.5. The number of ether oxygens (including phenoxy) is 1. The number of aromatic nitrogens is 2. The number of amides is 4. The van der Waals surface area contributed by atoms with Crippen molar-refractivity contribution >= 4 is 46.1 Å². The summed E-state index contributed by atoms with van der Waals surface area (Å²) in [6.07, 6.45) is 4.70. The minimum absolute atomic E-state index is 0.00862. The summed E-state index contributed by atoms with van der Waals surface area (Å²) >= 11 is 0. The Morgan fingerprint density at radius 3 is 2.08 bits per heavy atom. The average molecular weight is 791 g/mol. The van der Waals surface area contributed by atoms with Gasteiger partial charge in [0.2, 0.25) is 17.7 Å². The molecule has 6 aromatic rings. The van der Waals surface area contributed by atoms with Gasteiger partial charge in [-0.3, -0.25) is 24.2 Å². The second kappa shape index (κ2) is 18.2. The molecule has 4 amide bonds. The van der Waals surface area contributed by atoms with Crippen LogP contribution in [0.25, 0.3) is 27.6 Å². The van der Waals surface area contributed by atoms with E-state index in [1.807, 2.05) is 78.9 Å². The zero-order chi connectivity index (χ0) is 41.3. The van der Waals surface area contributed by atoms with E-state index in [-0.39, 0.29) is 24.8 Å². The number of nitrogens with one attached hydrogen (secondary N) is 5. The number of hydrogen-bond acceptors (Lipinski definition) is 7. The first-order valence-electron chi connectivity index (χ1n) is 19.0. The van der Waals surface area contributed by atoms with Gasteiger partial charge in [-0.1, -0.05) is 91.5 Å². The van der Waals surface area contributed by atoms with Crippen LogP contribution >= 0.6 is 0 Å². The largest absolute Gasteiger partial charge is 0.484 e. The van der Waals surface area contributed by atoms with Crippen molar-refractivity contribution in [2.24, 2.45) is 0 Å². The second-order valence-electron chi connectivity index (χ2n) is 14.3. The van der Waals surface area contributed by atoms with E-state index in [1.54, 1.807) is 42.6 Å². The minimum atomic E-state index is -1.36. The van der Waals surface area contributed by atoms with Gasteiger partial charge in [0.25, 0.3) is 5.91 Å². The lowest BCUT2D eigenvalue weighted by atomic mass is 9.97. The highest BCUT2D eigenvalue weighted by Crippen LogP contribution is 2.23. The Kier molecular flexibility index (Phi) is 12.2. The van der Waals surface area contributed by atoms with Crippen LogP contribution in [0.3, 0.4) is 0 Å². The number of rotatable bonds is 8. The Morgan fingerprint density at radius 2 is 1.36 bits per heavy atom. The second-order valence-corrected chi connectivity index (χ2v) is 14.3. The fourth-order valence-corrected chi connectivity index (χ4v) is 6.99. The summed E-state index contributed by atoms with van der Waals surface area (Å²) in [5, 5.41) is 22.1. The van der Waals surface area contributed by atoms with Crippen LogP contribution in [0.2, 0.25) is 0 Å². The third kappa shape index (κ3) is 9.89. The van der Waals surface area contributed by atoms with Gasteiger partial charge >= 0.3 is 5.97 Å². The predicted molar refractivity (Wildman–Crippen MR) is 222 cm³/mol. The molecule has 4 heterocycles. The van der Waals surface area contributed by atoms with Gasteiger partial charge in [-0.2, -0.15) is 0 Å². The minimum Gasteiger partial charge on any atom is -0.484 e. The molecular weight excluding hydrogens is 749 g/mol. The number of aromatic amines is 1. The molecule has 0 fully saturated rings. The van der Waals surface area contributed by atoms with Gasteiger partial charge in [-0.15, -0.1) is 0 Å². The first kappa shape index (κ1) is 39.7. The zero-order valence-corrected chi connectivity index (χ0v) is 31.9. The molecule has 2 aliphatic heterocycles. The van der Waals surface area contributed by atoms with Crippen molar-refractivity contribution in [1.82, 2.24) is 31.2 Å². The monoisotopic (exact) mass is 790 g/mol. The van der Waals surface area contributed by atoms with E-state index < -0.39 is 60.4 Å². The molecule has 2 aromatic heterocycles. The Morgan fingerprint density at radius 1 is 0.712 bits per heavy atom. The summed E-state index contributed by atoms with van der Waals surface area (Å²) in [6, 6.07) is 29.2. The van der Waals surface area contributed by atoms with Gasteiger partial charge in [0, 0.05) is 48.8 Å². The molecule has 2 bridgehead atoms. The number of hydrogen-bond donors (Lipinski definition) is 6. The van der Waals surface area contributed by atoms with Gasteiger partial charge in [-0.05, 0) is 69.3 Å². The lowest BCUT2D eigenvalue weighted by Crippen LogP contribution is -2.59. The van der Waals surface area contributed by atoms with E-state index in [2.05, 4.69) is 37.8 Å². The Hall–Kier alpha value is -7.54. The molecular formula is C46H42N6O7. The Labute approximate surface area is 339 Å². The first-order chi connectivity index (χ1) is 28.6. The van der Waals surface area contributed by atoms with Crippen molar-refractivity contribution in [1.29, 1.82) is 0 Å². The van der Waals surface area contributed by atoms with Crippen LogP contribution in [0.5, 0.6) is 5.75 Å². The molecule has 13 nitrogen and oxygen atoms in total. The summed E-state index contributed by atoms with van der Waals surface area (Å²) in [6.45, 7) is 3.67. The average Bonchev–Trinajstić information content (AvgIpc) is 3.67. The topological polar surface area (TPSA) is 192 Å². The number of carbonyl (C=O) groups excluding carboxylic acids is 4. The van der Waals surface area contributed by atoms with Crippen molar-refractivity contribution < 1.29 is 33.8 Å². The molecule has 6 N–H and O–H groups in total. The number of H-pyrrole nitrogens is 1. The number of fused-ring (bicyclic) bond motifs is 17. The van der Waals surface area contributed by atoms with Crippen LogP contribution in [0.15, 0.2) is 140 Å². The standard InChI is InChI=1S/C46H42N6O7/c1-28(31-19-21-47-22-20-31)42-45(56)50-38(23-29-11-15-33(16-12-29)32-7-3-2-4-8-32)43(54)49-39(25-34-26-48-37-10-6-5-9-36(34)37)44(55)51-40(46(57)58)24-30-13-17-35(18-14-30)59-27-41(53)52-42/h2-22,26,38-40,42,48H,1,23-25,27H2,(H,49,54)(H,50,56)(H,51,55)(H,52,53)(H,57,58)/t38-,39?,40-,42+/m1/s1. The fourth-order valence-electron chi connectivity index (χ4n) is 6.99. The molecule has 1 unspecified atom stereocenters. The van der Waals surface area contributed by atoms with Crippen molar-refractivity contribution in [2.45, 2.75) is 43.4 Å². The third-order valence-corrected chi connectivity index (χ3v) is 10.2.